The molecule has 1 N–H and O–H groups in total. The van der Waals surface area contributed by atoms with Gasteiger partial charge in [0.1, 0.15) is 27.9 Å². The minimum Gasteiger partial charge on any atom is -0.497 e. The molecule has 0 radical (unpaired) electrons. The SMILES string of the molecule is COc1ccc([C@@](C)(O)[C@H]2Oc3ccccc3S2=O)cc1. The molecule has 0 saturated carbocycles. The van der Waals surface area contributed by atoms with Crippen LogP contribution in [0.3, 0.4) is 0 Å². The lowest BCUT2D eigenvalue weighted by Crippen LogP contribution is -2.41. The third kappa shape index (κ3) is 2.32. The molecule has 1 aliphatic rings. The van der Waals surface area contributed by atoms with E-state index in [1.165, 1.54) is 0 Å². The fourth-order valence-corrected chi connectivity index (χ4v) is 3.88. The second-order valence-corrected chi connectivity index (χ2v) is 6.53. The highest BCUT2D eigenvalue weighted by atomic mass is 32.2. The summed E-state index contributed by atoms with van der Waals surface area (Å²) in [6.45, 7) is 1.61. The maximum Gasteiger partial charge on any atom is 0.210 e. The zero-order valence-electron chi connectivity index (χ0n) is 11.8. The Bertz CT molecular complexity index is 679. The topological polar surface area (TPSA) is 55.8 Å². The highest BCUT2D eigenvalue weighted by Gasteiger charge is 2.45. The number of methoxy groups -OCH3 is 1. The van der Waals surface area contributed by atoms with Crippen LogP contribution < -0.4 is 9.47 Å². The van der Waals surface area contributed by atoms with Crippen LogP contribution in [0.2, 0.25) is 0 Å². The average Bonchev–Trinajstić information content (AvgIpc) is 2.86. The Morgan fingerprint density at radius 1 is 1.19 bits per heavy atom. The Morgan fingerprint density at radius 2 is 1.86 bits per heavy atom. The molecule has 0 spiro atoms. The molecular formula is C16H16O4S. The summed E-state index contributed by atoms with van der Waals surface area (Å²) in [5.74, 6) is 1.26. The van der Waals surface area contributed by atoms with Crippen molar-refractivity contribution >= 4 is 10.8 Å². The second-order valence-electron chi connectivity index (χ2n) is 5.07. The van der Waals surface area contributed by atoms with Crippen LogP contribution >= 0.6 is 0 Å². The van der Waals surface area contributed by atoms with E-state index in [4.69, 9.17) is 9.47 Å². The first kappa shape index (κ1) is 14.1. The molecule has 0 amide bonds. The number of hydrogen-bond acceptors (Lipinski definition) is 4. The van der Waals surface area contributed by atoms with E-state index >= 15 is 0 Å². The summed E-state index contributed by atoms with van der Waals surface area (Å²) < 4.78 is 23.4. The number of rotatable bonds is 3. The van der Waals surface area contributed by atoms with E-state index in [1.807, 2.05) is 12.1 Å². The van der Waals surface area contributed by atoms with Crippen molar-refractivity contribution in [1.82, 2.24) is 0 Å². The van der Waals surface area contributed by atoms with Crippen LogP contribution in [0.15, 0.2) is 53.4 Å². The van der Waals surface area contributed by atoms with E-state index in [-0.39, 0.29) is 0 Å². The Kier molecular flexibility index (Phi) is 3.47. The van der Waals surface area contributed by atoms with Crippen molar-refractivity contribution in [3.05, 3.63) is 54.1 Å². The van der Waals surface area contributed by atoms with Gasteiger partial charge in [0, 0.05) is 0 Å². The third-order valence-electron chi connectivity index (χ3n) is 3.63. The molecule has 110 valence electrons. The first-order valence-corrected chi connectivity index (χ1v) is 7.78. The average molecular weight is 304 g/mol. The predicted molar refractivity (Wildman–Crippen MR) is 79.8 cm³/mol. The van der Waals surface area contributed by atoms with E-state index < -0.39 is 21.8 Å². The van der Waals surface area contributed by atoms with Crippen LogP contribution in [0.1, 0.15) is 12.5 Å². The Labute approximate surface area is 125 Å². The van der Waals surface area contributed by atoms with Crippen molar-refractivity contribution in [2.75, 3.05) is 7.11 Å². The number of fused-ring (bicyclic) bond motifs is 1. The largest absolute Gasteiger partial charge is 0.497 e. The summed E-state index contributed by atoms with van der Waals surface area (Å²) in [7, 11) is 0.166. The summed E-state index contributed by atoms with van der Waals surface area (Å²) >= 11 is 0. The van der Waals surface area contributed by atoms with E-state index in [0.717, 1.165) is 0 Å². The van der Waals surface area contributed by atoms with Crippen LogP contribution in [0, 0.1) is 0 Å². The van der Waals surface area contributed by atoms with Crippen molar-refractivity contribution in [3.8, 4) is 11.5 Å². The van der Waals surface area contributed by atoms with Crippen LogP contribution in [0.5, 0.6) is 11.5 Å². The molecule has 0 saturated heterocycles. The van der Waals surface area contributed by atoms with Gasteiger partial charge in [0.2, 0.25) is 5.44 Å². The lowest BCUT2D eigenvalue weighted by atomic mass is 9.96. The number of ether oxygens (including phenoxy) is 2. The van der Waals surface area contributed by atoms with Crippen molar-refractivity contribution in [2.24, 2.45) is 0 Å². The first-order valence-electron chi connectivity index (χ1n) is 6.57. The van der Waals surface area contributed by atoms with Gasteiger partial charge in [0.05, 0.1) is 12.0 Å². The highest BCUT2D eigenvalue weighted by Crippen LogP contribution is 2.40. The van der Waals surface area contributed by atoms with E-state index in [9.17, 15) is 9.32 Å². The Balaban J connectivity index is 1.94. The van der Waals surface area contributed by atoms with Crippen molar-refractivity contribution in [1.29, 1.82) is 0 Å². The summed E-state index contributed by atoms with van der Waals surface area (Å²) in [5.41, 5.74) is -1.56. The van der Waals surface area contributed by atoms with Gasteiger partial charge in [-0.2, -0.15) is 0 Å². The summed E-state index contributed by atoms with van der Waals surface area (Å²) in [6.07, 6.45) is 0. The number of hydrogen-bond donors (Lipinski definition) is 1. The molecule has 0 bridgehead atoms. The van der Waals surface area contributed by atoms with Crippen molar-refractivity contribution in [3.63, 3.8) is 0 Å². The van der Waals surface area contributed by atoms with Gasteiger partial charge in [-0.1, -0.05) is 24.3 Å². The van der Waals surface area contributed by atoms with Crippen LogP contribution in [-0.2, 0) is 16.4 Å². The van der Waals surface area contributed by atoms with Crippen LogP contribution in [0.4, 0.5) is 0 Å². The predicted octanol–water partition coefficient (Wildman–Crippen LogP) is 2.43. The minimum absolute atomic E-state index is 0.564. The molecule has 3 atom stereocenters. The summed E-state index contributed by atoms with van der Waals surface area (Å²) in [5, 5.41) is 10.8. The quantitative estimate of drug-likeness (QED) is 0.946. The molecule has 2 aromatic rings. The van der Waals surface area contributed by atoms with Gasteiger partial charge in [0.25, 0.3) is 0 Å². The van der Waals surface area contributed by atoms with Gasteiger partial charge < -0.3 is 14.6 Å². The molecule has 21 heavy (non-hydrogen) atoms. The monoisotopic (exact) mass is 304 g/mol. The molecule has 0 fully saturated rings. The molecule has 0 aliphatic carbocycles. The molecule has 4 nitrogen and oxygen atoms in total. The molecular weight excluding hydrogens is 288 g/mol. The van der Waals surface area contributed by atoms with Gasteiger partial charge in [0.15, 0.2) is 0 Å². The van der Waals surface area contributed by atoms with Gasteiger partial charge in [-0.15, -0.1) is 0 Å². The van der Waals surface area contributed by atoms with Gasteiger partial charge in [-0.3, -0.25) is 4.21 Å². The molecule has 5 heteroatoms. The lowest BCUT2D eigenvalue weighted by molar-refractivity contribution is -0.00947. The first-order chi connectivity index (χ1) is 10.0. The van der Waals surface area contributed by atoms with Gasteiger partial charge in [-0.25, -0.2) is 0 Å². The molecule has 1 heterocycles. The normalized spacial score (nSPS) is 23.0. The number of aliphatic hydroxyl groups is 1. The third-order valence-corrected chi connectivity index (χ3v) is 5.34. The molecule has 3 rings (SSSR count). The maximum atomic E-state index is 12.5. The Morgan fingerprint density at radius 3 is 2.48 bits per heavy atom. The molecule has 1 unspecified atom stereocenters. The van der Waals surface area contributed by atoms with E-state index in [1.54, 1.807) is 50.4 Å². The van der Waals surface area contributed by atoms with Crippen LogP contribution in [0.25, 0.3) is 0 Å². The fraction of sp³-hybridized carbons (Fsp3) is 0.250. The van der Waals surface area contributed by atoms with Crippen molar-refractivity contribution in [2.45, 2.75) is 22.9 Å². The second kappa shape index (κ2) is 5.16. The van der Waals surface area contributed by atoms with Crippen LogP contribution in [-0.4, -0.2) is 21.9 Å². The minimum atomic E-state index is -1.42. The highest BCUT2D eigenvalue weighted by molar-refractivity contribution is 7.86. The standard InChI is InChI=1S/C16H16O4S/c1-16(17,11-7-9-12(19-2)10-8-11)15-20-13-5-3-4-6-14(13)21(15)18/h3-10,15,17H,1-2H3/t15-,16+,21?/m0/s1. The Hall–Kier alpha value is -1.85. The van der Waals surface area contributed by atoms with Gasteiger partial charge >= 0.3 is 0 Å². The zero-order chi connectivity index (χ0) is 15.0. The fourth-order valence-electron chi connectivity index (χ4n) is 2.38. The maximum absolute atomic E-state index is 12.5. The number of benzene rings is 2. The zero-order valence-corrected chi connectivity index (χ0v) is 12.6. The summed E-state index contributed by atoms with van der Waals surface area (Å²) in [4.78, 5) is 0.622. The lowest BCUT2D eigenvalue weighted by Gasteiger charge is -2.28. The van der Waals surface area contributed by atoms with Crippen molar-refractivity contribution < 1.29 is 18.8 Å². The molecule has 1 aliphatic heterocycles. The smallest absolute Gasteiger partial charge is 0.210 e. The van der Waals surface area contributed by atoms with E-state index in [2.05, 4.69) is 0 Å². The van der Waals surface area contributed by atoms with Gasteiger partial charge in [-0.05, 0) is 36.8 Å². The molecule has 0 aromatic heterocycles. The summed E-state index contributed by atoms with van der Waals surface area (Å²) in [6, 6.07) is 14.2. The number of para-hydroxylation sites is 1. The molecule has 2 aromatic carbocycles. The van der Waals surface area contributed by atoms with E-state index in [0.29, 0.717) is 22.0 Å².